The molecule has 0 fully saturated rings. The van der Waals surface area contributed by atoms with Crippen molar-refractivity contribution in [1.29, 1.82) is 0 Å². The average Bonchev–Trinajstić information content (AvgIpc) is 1.58. The van der Waals surface area contributed by atoms with Crippen molar-refractivity contribution in [3.63, 3.8) is 0 Å². The van der Waals surface area contributed by atoms with Gasteiger partial charge in [-0.15, -0.1) is 6.58 Å². The van der Waals surface area contributed by atoms with Gasteiger partial charge in [-0.25, -0.2) is 8.42 Å². The second-order valence-corrected chi connectivity index (χ2v) is 2.80. The van der Waals surface area contributed by atoms with E-state index in [4.69, 9.17) is 0 Å². The van der Waals surface area contributed by atoms with Crippen molar-refractivity contribution in [1.82, 2.24) is 0 Å². The van der Waals surface area contributed by atoms with E-state index in [9.17, 15) is 21.8 Å². The molecule has 66 valence electrons. The summed E-state index contributed by atoms with van der Waals surface area (Å²) in [6.07, 6.45) is -0.775. The molecular formula is C5H7F2NaO3S. The van der Waals surface area contributed by atoms with Gasteiger partial charge in [0.1, 0.15) is 0 Å². The number of rotatable bonds is 2. The van der Waals surface area contributed by atoms with Gasteiger partial charge in [0.15, 0.2) is 0 Å². The fraction of sp³-hybridized carbons (Fsp3) is 0.200. The van der Waals surface area contributed by atoms with E-state index in [0.29, 0.717) is 0 Å². The van der Waals surface area contributed by atoms with Gasteiger partial charge in [0, 0.05) is 0 Å². The molecular weight excluding hydrogens is 201 g/mol. The molecule has 0 aliphatic heterocycles. The summed E-state index contributed by atoms with van der Waals surface area (Å²) in [7, 11) is -4.04. The molecule has 0 aliphatic rings. The zero-order valence-corrected chi connectivity index (χ0v) is 9.40. The van der Waals surface area contributed by atoms with Gasteiger partial charge in [0.2, 0.25) is 0 Å². The van der Waals surface area contributed by atoms with E-state index in [-0.39, 0.29) is 29.6 Å². The molecule has 0 unspecified atom stereocenters. The first-order valence-corrected chi connectivity index (χ1v) is 3.91. The van der Waals surface area contributed by atoms with Crippen molar-refractivity contribution in [2.24, 2.45) is 0 Å². The summed E-state index contributed by atoms with van der Waals surface area (Å²) < 4.78 is 49.1. The topological polar surface area (TPSA) is 57.2 Å². The van der Waals surface area contributed by atoms with Crippen LogP contribution in [0.3, 0.4) is 0 Å². The third-order valence-electron chi connectivity index (χ3n) is 0.322. The normalized spacial score (nSPS) is 8.58. The Balaban J connectivity index is -0.000000142. The Bertz CT molecular complexity index is 221. The van der Waals surface area contributed by atoms with E-state index < -0.39 is 22.0 Å². The van der Waals surface area contributed by atoms with Crippen LogP contribution in [0.25, 0.3) is 0 Å². The van der Waals surface area contributed by atoms with E-state index in [1.807, 2.05) is 0 Å². The molecule has 0 heterocycles. The van der Waals surface area contributed by atoms with Crippen LogP contribution >= 0.6 is 0 Å². The Morgan fingerprint density at radius 1 is 1.50 bits per heavy atom. The quantitative estimate of drug-likeness (QED) is 0.303. The summed E-state index contributed by atoms with van der Waals surface area (Å²) in [5.41, 5.74) is 0. The zero-order valence-electron chi connectivity index (χ0n) is 6.59. The molecule has 0 rings (SSSR count). The fourth-order valence-electron chi connectivity index (χ4n) is 0.144. The Morgan fingerprint density at radius 2 is 1.75 bits per heavy atom. The molecule has 0 radical (unpaired) electrons. The minimum absolute atomic E-state index is 0. The smallest absolute Gasteiger partial charge is 0.748 e. The predicted octanol–water partition coefficient (Wildman–Crippen LogP) is -1.88. The molecule has 0 amide bonds. The van der Waals surface area contributed by atoms with Crippen LogP contribution in [0, 0.1) is 0 Å². The van der Waals surface area contributed by atoms with Crippen LogP contribution in [0.15, 0.2) is 25.3 Å². The van der Waals surface area contributed by atoms with Gasteiger partial charge in [0.05, 0.1) is 15.9 Å². The Morgan fingerprint density at radius 3 is 1.75 bits per heavy atom. The van der Waals surface area contributed by atoms with Crippen molar-refractivity contribution < 1.29 is 51.3 Å². The van der Waals surface area contributed by atoms with E-state index in [0.717, 1.165) is 6.08 Å². The van der Waals surface area contributed by atoms with Crippen LogP contribution in [-0.2, 0) is 10.1 Å². The monoisotopic (exact) mass is 208 g/mol. The standard InChI is InChI=1S/C3H6O3S.C2H2F2.Na/c1-2-3-7(4,5)6;1-2(3)4;/h2H,1,3H2,(H,4,5,6);1H2;/q;;+1/p-1. The SMILES string of the molecule is C=C(F)F.C=CCS(=O)(=O)[O-].[Na+]. The number of hydrogen-bond acceptors (Lipinski definition) is 3. The first-order chi connectivity index (χ1) is 4.79. The summed E-state index contributed by atoms with van der Waals surface area (Å²) in [5.74, 6) is -0.479. The Kier molecular flexibility index (Phi) is 14.1. The molecule has 0 aromatic heterocycles. The Labute approximate surface area is 92.2 Å². The number of hydrogen-bond donors (Lipinski definition) is 0. The van der Waals surface area contributed by atoms with Gasteiger partial charge in [-0.1, -0.05) is 6.08 Å². The molecule has 0 aromatic carbocycles. The van der Waals surface area contributed by atoms with E-state index >= 15 is 0 Å². The molecule has 0 N–H and O–H groups in total. The minimum Gasteiger partial charge on any atom is -0.748 e. The van der Waals surface area contributed by atoms with Gasteiger partial charge in [-0.3, -0.25) is 0 Å². The van der Waals surface area contributed by atoms with Crippen molar-refractivity contribution in [3.05, 3.63) is 25.3 Å². The zero-order chi connectivity index (χ0) is 9.49. The molecule has 0 bridgehead atoms. The summed E-state index contributed by atoms with van der Waals surface area (Å²) in [4.78, 5) is 0. The van der Waals surface area contributed by atoms with Crippen LogP contribution in [0.2, 0.25) is 0 Å². The maximum Gasteiger partial charge on any atom is 1.00 e. The maximum atomic E-state index is 10.1. The molecule has 0 aliphatic carbocycles. The Hall–Kier alpha value is 0.250. The average molecular weight is 208 g/mol. The molecule has 12 heavy (non-hydrogen) atoms. The molecule has 3 nitrogen and oxygen atoms in total. The summed E-state index contributed by atoms with van der Waals surface area (Å²) in [5, 5.41) is 0. The van der Waals surface area contributed by atoms with Gasteiger partial charge in [0.25, 0.3) is 6.08 Å². The van der Waals surface area contributed by atoms with Gasteiger partial charge >= 0.3 is 29.6 Å². The molecule has 7 heteroatoms. The third-order valence-corrected chi connectivity index (χ3v) is 0.966. The second kappa shape index (κ2) is 9.34. The van der Waals surface area contributed by atoms with Crippen molar-refractivity contribution >= 4 is 10.1 Å². The van der Waals surface area contributed by atoms with Crippen molar-refractivity contribution in [2.75, 3.05) is 5.75 Å². The molecule has 0 atom stereocenters. The summed E-state index contributed by atoms with van der Waals surface area (Å²) in [6.45, 7) is 5.29. The van der Waals surface area contributed by atoms with E-state index in [1.54, 1.807) is 0 Å². The largest absolute Gasteiger partial charge is 1.00 e. The first kappa shape index (κ1) is 18.1. The minimum atomic E-state index is -4.04. The van der Waals surface area contributed by atoms with Crippen LogP contribution in [0.5, 0.6) is 0 Å². The summed E-state index contributed by atoms with van der Waals surface area (Å²) >= 11 is 0. The molecule has 0 aromatic rings. The van der Waals surface area contributed by atoms with Crippen LogP contribution in [-0.4, -0.2) is 18.7 Å². The van der Waals surface area contributed by atoms with Crippen molar-refractivity contribution in [2.45, 2.75) is 0 Å². The van der Waals surface area contributed by atoms with Crippen molar-refractivity contribution in [3.8, 4) is 0 Å². The molecule has 0 spiro atoms. The third kappa shape index (κ3) is 48.6. The van der Waals surface area contributed by atoms with E-state index in [2.05, 4.69) is 13.2 Å². The van der Waals surface area contributed by atoms with Crippen LogP contribution in [0.4, 0.5) is 8.78 Å². The first-order valence-electron chi connectivity index (χ1n) is 2.34. The number of halogens is 2. The summed E-state index contributed by atoms with van der Waals surface area (Å²) in [6, 6.07) is 0. The molecule has 0 saturated heterocycles. The van der Waals surface area contributed by atoms with Crippen LogP contribution < -0.4 is 29.6 Å². The van der Waals surface area contributed by atoms with Gasteiger partial charge in [-0.05, 0) is 6.58 Å². The fourth-order valence-corrected chi connectivity index (χ4v) is 0.433. The van der Waals surface area contributed by atoms with Crippen LogP contribution in [0.1, 0.15) is 0 Å². The van der Waals surface area contributed by atoms with Gasteiger partial charge in [-0.2, -0.15) is 8.78 Å². The molecule has 0 saturated carbocycles. The van der Waals surface area contributed by atoms with Gasteiger partial charge < -0.3 is 4.55 Å². The maximum absolute atomic E-state index is 10.1. The second-order valence-electron chi connectivity index (χ2n) is 1.35. The van der Waals surface area contributed by atoms with E-state index in [1.165, 1.54) is 0 Å². The predicted molar refractivity (Wildman–Crippen MR) is 36.1 cm³/mol.